The third kappa shape index (κ3) is 17.6. The van der Waals surface area contributed by atoms with E-state index in [1.807, 2.05) is 9.97 Å². The molecule has 0 saturated heterocycles. The molecule has 8 amide bonds. The van der Waals surface area contributed by atoms with Gasteiger partial charge in [-0.1, -0.05) is 24.3 Å². The maximum atomic E-state index is 15.1. The lowest BCUT2D eigenvalue weighted by Crippen LogP contribution is -2.65. The Labute approximate surface area is 516 Å². The van der Waals surface area contributed by atoms with Crippen LogP contribution in [0.2, 0.25) is 0 Å². The number of hydrogen-bond donors (Lipinski definition) is 17. The Morgan fingerprint density at radius 1 is 0.587 bits per heavy atom. The number of aryl methyl sites for hydroxylation is 1. The predicted molar refractivity (Wildman–Crippen MR) is 327 cm³/mol. The Bertz CT molecular complexity index is 4390. The molecule has 6 atom stereocenters. The Morgan fingerprint density at radius 2 is 1.07 bits per heavy atom. The van der Waals surface area contributed by atoms with Gasteiger partial charge in [0.2, 0.25) is 41.4 Å². The molecule has 92 heavy (non-hydrogen) atoms. The number of amides is 8. The number of fused-ring (bicyclic) bond motifs is 2. The van der Waals surface area contributed by atoms with Crippen LogP contribution < -0.4 is 105 Å². The van der Waals surface area contributed by atoms with Gasteiger partial charge in [0, 0.05) is 51.1 Å². The number of benzene rings is 2. The largest absolute Gasteiger partial charge is 0.370 e. The molecule has 38 heteroatoms. The van der Waals surface area contributed by atoms with Crippen molar-refractivity contribution in [1.82, 2.24) is 85.6 Å². The zero-order valence-electron chi connectivity index (χ0n) is 49.8. The van der Waals surface area contributed by atoms with Crippen molar-refractivity contribution in [1.29, 1.82) is 10.8 Å². The van der Waals surface area contributed by atoms with Gasteiger partial charge < -0.3 is 74.6 Å². The van der Waals surface area contributed by atoms with Gasteiger partial charge >= 0.3 is 22.8 Å². The van der Waals surface area contributed by atoms with Crippen molar-refractivity contribution in [2.24, 2.45) is 17.2 Å². The first-order valence-corrected chi connectivity index (χ1v) is 28.0. The molecule has 0 aliphatic heterocycles. The number of likely N-dealkylation sites (N-methyl/N-ethyl adjacent to an activating group) is 1. The summed E-state index contributed by atoms with van der Waals surface area (Å²) in [5, 5.41) is 33.8. The summed E-state index contributed by atoms with van der Waals surface area (Å²) in [6.07, 6.45) is 1.75. The number of para-hydroxylation sites is 2. The minimum atomic E-state index is -2.57. The average molecular weight is 1280 g/mol. The Kier molecular flexibility index (Phi) is 22.7. The topological polar surface area (TPSA) is 581 Å². The first-order chi connectivity index (χ1) is 43.4. The Hall–Kier alpha value is -12.0. The van der Waals surface area contributed by atoms with Crippen LogP contribution in [-0.2, 0) is 63.7 Å². The molecule has 0 radical (unpaired) electrons. The summed E-state index contributed by atoms with van der Waals surface area (Å²) in [7, 11) is 1.00. The number of guanidine groups is 2. The third-order valence-electron chi connectivity index (χ3n) is 14.1. The van der Waals surface area contributed by atoms with Gasteiger partial charge in [-0.05, 0) is 63.8 Å². The number of nitrogens with one attached hydrogen (secondary N) is 14. The first kappa shape index (κ1) is 69.1. The lowest BCUT2D eigenvalue weighted by Gasteiger charge is -2.35. The number of rotatable bonds is 29. The zero-order chi connectivity index (χ0) is 67.9. The SMILES string of the molecule is CC(=O)N[C@@H](CCCNC(=N)N)C(=O)N[C@](C)(C(=O)N(C)CC(=O)N[C@H](Cn1c(=O)[nH]c2ccccc2c1=O)C(=O)N[C@H](Cn1c(=O)[nH]c2ccccc2c1=O)C(=O)N[C@H](Cn1cc(C)c(=O)[nH]c1=O)C(=O)N[C@@H](CCCNC(=N)N)C(N)=O)n1ccc(=O)[nH]c1=O. The summed E-state index contributed by atoms with van der Waals surface area (Å²) >= 11 is 0. The van der Waals surface area contributed by atoms with E-state index < -0.39 is 166 Å². The highest BCUT2D eigenvalue weighted by Gasteiger charge is 2.43. The minimum Gasteiger partial charge on any atom is -0.370 e. The van der Waals surface area contributed by atoms with Crippen LogP contribution in [-0.4, -0.2) is 159 Å². The van der Waals surface area contributed by atoms with Crippen molar-refractivity contribution < 1.29 is 38.4 Å². The molecule has 0 fully saturated rings. The summed E-state index contributed by atoms with van der Waals surface area (Å²) in [4.78, 5) is 229. The Morgan fingerprint density at radius 3 is 1.55 bits per heavy atom. The van der Waals surface area contributed by atoms with E-state index in [0.29, 0.717) is 18.6 Å². The Balaban J connectivity index is 1.42. The maximum Gasteiger partial charge on any atom is 0.330 e. The van der Waals surface area contributed by atoms with Crippen LogP contribution in [0.1, 0.15) is 45.1 Å². The first-order valence-electron chi connectivity index (χ1n) is 28.0. The maximum absolute atomic E-state index is 15.1. The summed E-state index contributed by atoms with van der Waals surface area (Å²) in [5.74, 6) is -10.4. The normalized spacial score (nSPS) is 13.3. The zero-order valence-corrected chi connectivity index (χ0v) is 49.8. The molecular formula is C54H68N22O16. The van der Waals surface area contributed by atoms with E-state index in [2.05, 4.69) is 52.5 Å². The number of nitrogens with two attached hydrogens (primary N) is 3. The number of nitrogens with zero attached hydrogens (tertiary/aromatic N) is 5. The molecular weight excluding hydrogens is 1210 g/mol. The number of aromatic amines is 4. The van der Waals surface area contributed by atoms with Crippen LogP contribution in [0.25, 0.3) is 21.8 Å². The van der Waals surface area contributed by atoms with Crippen molar-refractivity contribution in [2.45, 2.75) is 102 Å². The molecule has 2 aromatic carbocycles. The molecule has 0 saturated carbocycles. The molecule has 4 heterocycles. The lowest BCUT2D eigenvalue weighted by molar-refractivity contribution is -0.147. The van der Waals surface area contributed by atoms with Gasteiger partial charge in [-0.15, -0.1) is 0 Å². The highest BCUT2D eigenvalue weighted by molar-refractivity contribution is 5.97. The van der Waals surface area contributed by atoms with Crippen LogP contribution in [0.3, 0.4) is 0 Å². The second-order valence-electron chi connectivity index (χ2n) is 21.1. The summed E-state index contributed by atoms with van der Waals surface area (Å²) in [5.41, 5.74) is 5.35. The molecule has 38 nitrogen and oxygen atoms in total. The molecule has 6 rings (SSSR count). The highest BCUT2D eigenvalue weighted by atomic mass is 16.2. The number of hydrogen-bond acceptors (Lipinski definition) is 18. The summed E-state index contributed by atoms with van der Waals surface area (Å²) < 4.78 is 2.36. The van der Waals surface area contributed by atoms with E-state index in [1.54, 1.807) is 0 Å². The quantitative estimate of drug-likeness (QED) is 0.0118. The average Bonchev–Trinajstić information content (AvgIpc) is 0.826. The van der Waals surface area contributed by atoms with Crippen molar-refractivity contribution in [2.75, 3.05) is 26.7 Å². The van der Waals surface area contributed by atoms with E-state index in [0.717, 1.165) is 43.9 Å². The smallest absolute Gasteiger partial charge is 0.330 e. The fraction of sp³-hybridized carbons (Fsp3) is 0.370. The number of carbonyl (C=O) groups is 8. The molecule has 0 aliphatic carbocycles. The van der Waals surface area contributed by atoms with Crippen LogP contribution in [0.15, 0.2) is 105 Å². The minimum absolute atomic E-state index is 0.0306. The lowest BCUT2D eigenvalue weighted by atomic mass is 10.1. The number of H-pyrrole nitrogens is 4. The standard InChI is InChI=1S/C54H68N22O16/c1-26-21-73(50(89)70-40(26)81)22-34(41(82)64-32(39(55)80)15-9-18-60-48(56)57)65-43(84)36(24-75-46(87)29-12-6-8-14-31(29)68-52(75)91)66-42(83)35(23-74-45(86)28-11-5-7-13-30(28)67-51(74)90)63-38(79)25-72(4)47(88)54(3,76-20-17-37(78)69-53(76)92)71-44(85)33(62-27(2)77)16-10-19-61-49(58)59/h5-8,11-14,17,20-21,32-36H,9-10,15-16,18-19,22-25H2,1-4H3,(H2,55,80)(H,62,77)(H,63,79)(H,64,82)(H,65,84)(H,66,83)(H,67,90)(H,68,91)(H,71,85)(H4,56,57,60)(H4,58,59,61)(H,69,78,92)(H,70,81,89)/t32-,33-,34+,35+,36+,54-/m0/s1. The van der Waals surface area contributed by atoms with Gasteiger partial charge in [-0.3, -0.25) is 96.6 Å². The van der Waals surface area contributed by atoms with E-state index in [9.17, 15) is 67.1 Å². The van der Waals surface area contributed by atoms with Gasteiger partial charge in [-0.2, -0.15) is 0 Å². The van der Waals surface area contributed by atoms with Gasteiger partial charge in [0.15, 0.2) is 17.6 Å². The third-order valence-corrected chi connectivity index (χ3v) is 14.1. The van der Waals surface area contributed by atoms with Crippen LogP contribution in [0, 0.1) is 17.7 Å². The van der Waals surface area contributed by atoms with Crippen molar-refractivity contribution in [3.8, 4) is 0 Å². The van der Waals surface area contributed by atoms with E-state index >= 15 is 9.59 Å². The number of primary amides is 1. The van der Waals surface area contributed by atoms with Crippen molar-refractivity contribution in [3.05, 3.63) is 156 Å². The molecule has 6 aromatic rings. The van der Waals surface area contributed by atoms with Gasteiger partial charge in [0.1, 0.15) is 30.2 Å². The molecule has 4 aromatic heterocycles. The second-order valence-corrected chi connectivity index (χ2v) is 21.1. The van der Waals surface area contributed by atoms with Crippen LogP contribution in [0.4, 0.5) is 0 Å². The monoisotopic (exact) mass is 1280 g/mol. The van der Waals surface area contributed by atoms with E-state index in [4.69, 9.17) is 28.0 Å². The van der Waals surface area contributed by atoms with Gasteiger partial charge in [0.25, 0.3) is 28.1 Å². The molecule has 0 unspecified atom stereocenters. The molecule has 0 spiro atoms. The number of carbonyl (C=O) groups excluding carboxylic acids is 8. The van der Waals surface area contributed by atoms with E-state index in [1.165, 1.54) is 55.5 Å². The highest BCUT2D eigenvalue weighted by Crippen LogP contribution is 2.16. The molecule has 20 N–H and O–H groups in total. The fourth-order valence-corrected chi connectivity index (χ4v) is 9.51. The molecule has 490 valence electrons. The predicted octanol–water partition coefficient (Wildman–Crippen LogP) is -8.49. The van der Waals surface area contributed by atoms with Crippen LogP contribution >= 0.6 is 0 Å². The summed E-state index contributed by atoms with van der Waals surface area (Å²) in [6.45, 7) is -0.676. The summed E-state index contributed by atoms with van der Waals surface area (Å²) in [6, 6.07) is 2.78. The van der Waals surface area contributed by atoms with Gasteiger partial charge in [0.05, 0.1) is 48.0 Å². The molecule has 0 bridgehead atoms. The van der Waals surface area contributed by atoms with Crippen molar-refractivity contribution >= 4 is 81.0 Å². The second kappa shape index (κ2) is 30.3. The van der Waals surface area contributed by atoms with Crippen LogP contribution in [0.5, 0.6) is 0 Å². The fourth-order valence-electron chi connectivity index (χ4n) is 9.51. The number of aromatic nitrogens is 8. The van der Waals surface area contributed by atoms with Gasteiger partial charge in [-0.25, -0.2) is 19.2 Å². The van der Waals surface area contributed by atoms with Crippen molar-refractivity contribution in [3.63, 3.8) is 0 Å². The molecule has 0 aliphatic rings. The van der Waals surface area contributed by atoms with E-state index in [-0.39, 0.29) is 66.1 Å².